The summed E-state index contributed by atoms with van der Waals surface area (Å²) in [7, 11) is 3.41. The van der Waals surface area contributed by atoms with Crippen molar-refractivity contribution >= 4 is 5.97 Å². The van der Waals surface area contributed by atoms with Gasteiger partial charge in [-0.1, -0.05) is 6.92 Å². The van der Waals surface area contributed by atoms with Crippen LogP contribution in [0.2, 0.25) is 0 Å². The molecular weight excluding hydrogens is 218 g/mol. The molecule has 0 radical (unpaired) electrons. The second kappa shape index (κ2) is 6.39. The molecule has 1 aromatic rings. The van der Waals surface area contributed by atoms with Crippen LogP contribution in [-0.4, -0.2) is 41.1 Å². The number of rotatable bonds is 6. The van der Waals surface area contributed by atoms with Crippen LogP contribution in [0.1, 0.15) is 19.5 Å². The van der Waals surface area contributed by atoms with Crippen molar-refractivity contribution in [3.8, 4) is 0 Å². The molecule has 0 aliphatic rings. The largest absolute Gasteiger partial charge is 0.469 e. The molecule has 17 heavy (non-hydrogen) atoms. The summed E-state index contributed by atoms with van der Waals surface area (Å²) >= 11 is 0. The average molecular weight is 239 g/mol. The fourth-order valence-electron chi connectivity index (χ4n) is 1.85. The van der Waals surface area contributed by atoms with Crippen LogP contribution in [0.4, 0.5) is 0 Å². The Kier molecular flexibility index (Phi) is 5.15. The lowest BCUT2D eigenvalue weighted by molar-refractivity contribution is -0.145. The molecule has 1 unspecified atom stereocenters. The number of aromatic nitrogens is 2. The van der Waals surface area contributed by atoms with Gasteiger partial charge in [-0.25, -0.2) is 4.98 Å². The van der Waals surface area contributed by atoms with Gasteiger partial charge in [0.2, 0.25) is 0 Å². The fraction of sp³-hybridized carbons (Fsp3) is 0.667. The van der Waals surface area contributed by atoms with Gasteiger partial charge in [-0.05, 0) is 14.0 Å². The van der Waals surface area contributed by atoms with Crippen molar-refractivity contribution in [1.82, 2.24) is 14.5 Å². The number of imidazole rings is 1. The maximum Gasteiger partial charge on any atom is 0.309 e. The maximum absolute atomic E-state index is 11.3. The van der Waals surface area contributed by atoms with E-state index in [-0.39, 0.29) is 11.9 Å². The van der Waals surface area contributed by atoms with Crippen molar-refractivity contribution in [3.63, 3.8) is 0 Å². The molecule has 0 aliphatic heterocycles. The molecule has 0 N–H and O–H groups in total. The van der Waals surface area contributed by atoms with Crippen LogP contribution in [0.5, 0.6) is 0 Å². The Balaban J connectivity index is 2.49. The number of esters is 1. The molecule has 0 aliphatic carbocycles. The van der Waals surface area contributed by atoms with Gasteiger partial charge < -0.3 is 9.30 Å². The Morgan fingerprint density at radius 1 is 1.65 bits per heavy atom. The molecule has 0 amide bonds. The Morgan fingerprint density at radius 3 is 2.94 bits per heavy atom. The summed E-state index contributed by atoms with van der Waals surface area (Å²) in [5, 5.41) is 0. The molecule has 1 heterocycles. The SMILES string of the molecule is CCn1cncc1CN(C)CC(C)C(=O)OC. The van der Waals surface area contributed by atoms with Crippen molar-refractivity contribution in [2.45, 2.75) is 26.9 Å². The van der Waals surface area contributed by atoms with Crippen LogP contribution in [-0.2, 0) is 22.6 Å². The third-order valence-corrected chi connectivity index (χ3v) is 2.76. The first-order valence-corrected chi connectivity index (χ1v) is 5.83. The van der Waals surface area contributed by atoms with Crippen LogP contribution >= 0.6 is 0 Å². The topological polar surface area (TPSA) is 47.4 Å². The van der Waals surface area contributed by atoms with Crippen molar-refractivity contribution < 1.29 is 9.53 Å². The molecule has 1 aromatic heterocycles. The first-order chi connectivity index (χ1) is 8.08. The monoisotopic (exact) mass is 239 g/mol. The number of methoxy groups -OCH3 is 1. The summed E-state index contributed by atoms with van der Waals surface area (Å²) < 4.78 is 6.81. The minimum atomic E-state index is -0.166. The van der Waals surface area contributed by atoms with Crippen molar-refractivity contribution in [2.75, 3.05) is 20.7 Å². The van der Waals surface area contributed by atoms with Gasteiger partial charge in [-0.3, -0.25) is 9.69 Å². The minimum Gasteiger partial charge on any atom is -0.469 e. The Bertz CT molecular complexity index is 362. The van der Waals surface area contributed by atoms with Gasteiger partial charge in [0.15, 0.2) is 0 Å². The lowest BCUT2D eigenvalue weighted by Gasteiger charge is -2.20. The van der Waals surface area contributed by atoms with Gasteiger partial charge in [0.1, 0.15) is 0 Å². The molecule has 1 rings (SSSR count). The highest BCUT2D eigenvalue weighted by molar-refractivity contribution is 5.72. The number of carbonyl (C=O) groups is 1. The molecule has 0 spiro atoms. The van der Waals surface area contributed by atoms with Gasteiger partial charge >= 0.3 is 5.97 Å². The molecule has 0 saturated carbocycles. The highest BCUT2D eigenvalue weighted by atomic mass is 16.5. The number of carbonyl (C=O) groups excluding carboxylic acids is 1. The zero-order chi connectivity index (χ0) is 12.8. The van der Waals surface area contributed by atoms with Gasteiger partial charge in [-0.2, -0.15) is 0 Å². The summed E-state index contributed by atoms with van der Waals surface area (Å²) in [5.74, 6) is -0.274. The van der Waals surface area contributed by atoms with E-state index in [0.717, 1.165) is 18.8 Å². The molecule has 0 saturated heterocycles. The summed E-state index contributed by atoms with van der Waals surface area (Å²) in [4.78, 5) is 17.5. The molecule has 0 aromatic carbocycles. The predicted octanol–water partition coefficient (Wildman–Crippen LogP) is 1.14. The number of hydrogen-bond acceptors (Lipinski definition) is 4. The number of ether oxygens (including phenoxy) is 1. The van der Waals surface area contributed by atoms with E-state index in [1.165, 1.54) is 7.11 Å². The fourth-order valence-corrected chi connectivity index (χ4v) is 1.85. The molecular formula is C12H21N3O2. The van der Waals surface area contributed by atoms with Gasteiger partial charge in [0, 0.05) is 25.8 Å². The third kappa shape index (κ3) is 3.85. The van der Waals surface area contributed by atoms with E-state index in [2.05, 4.69) is 21.4 Å². The van der Waals surface area contributed by atoms with Crippen molar-refractivity contribution in [1.29, 1.82) is 0 Å². The lowest BCUT2D eigenvalue weighted by Crippen LogP contribution is -2.29. The summed E-state index contributed by atoms with van der Waals surface area (Å²) in [6.45, 7) is 6.34. The molecule has 96 valence electrons. The average Bonchev–Trinajstić information content (AvgIpc) is 2.74. The van der Waals surface area contributed by atoms with Gasteiger partial charge in [0.25, 0.3) is 0 Å². The Hall–Kier alpha value is -1.36. The van der Waals surface area contributed by atoms with Crippen LogP contribution in [0.3, 0.4) is 0 Å². The first-order valence-electron chi connectivity index (χ1n) is 5.83. The quantitative estimate of drug-likeness (QED) is 0.699. The molecule has 5 heteroatoms. The van der Waals surface area contributed by atoms with Gasteiger partial charge in [-0.15, -0.1) is 0 Å². The molecule has 5 nitrogen and oxygen atoms in total. The molecule has 0 bridgehead atoms. The lowest BCUT2D eigenvalue weighted by atomic mass is 10.2. The summed E-state index contributed by atoms with van der Waals surface area (Å²) in [6.07, 6.45) is 3.69. The highest BCUT2D eigenvalue weighted by Gasteiger charge is 2.16. The zero-order valence-corrected chi connectivity index (χ0v) is 11.0. The van der Waals surface area contributed by atoms with Crippen LogP contribution in [0, 0.1) is 5.92 Å². The van der Waals surface area contributed by atoms with Crippen LogP contribution in [0.25, 0.3) is 0 Å². The number of aryl methyl sites for hydroxylation is 1. The highest BCUT2D eigenvalue weighted by Crippen LogP contribution is 2.06. The number of nitrogens with zero attached hydrogens (tertiary/aromatic N) is 3. The van der Waals surface area contributed by atoms with Crippen LogP contribution < -0.4 is 0 Å². The summed E-state index contributed by atoms with van der Waals surface area (Å²) in [5.41, 5.74) is 1.16. The second-order valence-electron chi connectivity index (χ2n) is 4.29. The first kappa shape index (κ1) is 13.7. The second-order valence-corrected chi connectivity index (χ2v) is 4.29. The maximum atomic E-state index is 11.3. The van der Waals surface area contributed by atoms with E-state index in [1.807, 2.05) is 26.5 Å². The minimum absolute atomic E-state index is 0.108. The standard InChI is InChI=1S/C12H21N3O2/c1-5-15-9-13-6-11(15)8-14(3)7-10(2)12(16)17-4/h6,9-10H,5,7-8H2,1-4H3. The van der Waals surface area contributed by atoms with Crippen molar-refractivity contribution in [2.24, 2.45) is 5.92 Å². The van der Waals surface area contributed by atoms with E-state index in [4.69, 9.17) is 4.74 Å². The Morgan fingerprint density at radius 2 is 2.35 bits per heavy atom. The van der Waals surface area contributed by atoms with E-state index in [1.54, 1.807) is 0 Å². The van der Waals surface area contributed by atoms with E-state index >= 15 is 0 Å². The molecule has 1 atom stereocenters. The third-order valence-electron chi connectivity index (χ3n) is 2.76. The van der Waals surface area contributed by atoms with Crippen molar-refractivity contribution in [3.05, 3.63) is 18.2 Å². The van der Waals surface area contributed by atoms with E-state index in [9.17, 15) is 4.79 Å². The Labute approximate surface area is 102 Å². The predicted molar refractivity (Wildman–Crippen MR) is 65.4 cm³/mol. The zero-order valence-electron chi connectivity index (χ0n) is 11.0. The summed E-state index contributed by atoms with van der Waals surface area (Å²) in [6, 6.07) is 0. The van der Waals surface area contributed by atoms with E-state index in [0.29, 0.717) is 6.54 Å². The smallest absolute Gasteiger partial charge is 0.309 e. The normalized spacial score (nSPS) is 12.8. The van der Waals surface area contributed by atoms with E-state index < -0.39 is 0 Å². The van der Waals surface area contributed by atoms with Crippen LogP contribution in [0.15, 0.2) is 12.5 Å². The number of hydrogen-bond donors (Lipinski definition) is 0. The van der Waals surface area contributed by atoms with Gasteiger partial charge in [0.05, 0.1) is 25.0 Å². The molecule has 0 fully saturated rings.